The fraction of sp³-hybridized carbons (Fsp3) is 0.600. The van der Waals surface area contributed by atoms with Crippen molar-refractivity contribution in [3.63, 3.8) is 0 Å². The third kappa shape index (κ3) is 6.34. The van der Waals surface area contributed by atoms with Gasteiger partial charge in [-0.1, -0.05) is 66.2 Å². The number of hydrogen-bond acceptors (Lipinski definition) is 0. The summed E-state index contributed by atoms with van der Waals surface area (Å²) in [6, 6.07) is 0. The largest absolute Gasteiger partial charge is 4.00 e. The topological polar surface area (TPSA) is 0 Å². The van der Waals surface area contributed by atoms with E-state index in [9.17, 15) is 0 Å². The fourth-order valence-electron chi connectivity index (χ4n) is 2.81. The molecule has 0 N–H and O–H groups in total. The van der Waals surface area contributed by atoms with Crippen molar-refractivity contribution in [3.05, 3.63) is 45.6 Å². The van der Waals surface area contributed by atoms with Gasteiger partial charge in [0.1, 0.15) is 0 Å². The van der Waals surface area contributed by atoms with Crippen molar-refractivity contribution in [3.8, 4) is 0 Å². The van der Waals surface area contributed by atoms with E-state index < -0.39 is 0 Å². The van der Waals surface area contributed by atoms with Crippen molar-refractivity contribution in [2.45, 2.75) is 69.2 Å². The molecule has 0 bridgehead atoms. The Hall–Kier alpha value is 0.423. The Morgan fingerprint density at radius 2 is 0.783 bits per heavy atom. The zero-order chi connectivity index (χ0) is 15.9. The molecule has 2 aliphatic rings. The van der Waals surface area contributed by atoms with Crippen LogP contribution in [0.4, 0.5) is 0 Å². The maximum atomic E-state index is 3.44. The molecule has 0 fully saturated rings. The standard InChI is InChI=1S/2C10H15.2ClH.Zr/c2*1-7-6-10(4,5)9(3)8(7)2;;;/h2*1-5H3;2*1H;/q2*-1;;;+4/p-2. The van der Waals surface area contributed by atoms with Crippen LogP contribution in [0, 0.1) is 23.0 Å². The molecule has 0 aliphatic heterocycles. The van der Waals surface area contributed by atoms with E-state index in [0.29, 0.717) is 0 Å². The van der Waals surface area contributed by atoms with Crippen LogP contribution in [-0.2, 0) is 26.2 Å². The Balaban J connectivity index is -0.000000308. The van der Waals surface area contributed by atoms with Crippen molar-refractivity contribution in [1.29, 1.82) is 0 Å². The maximum Gasteiger partial charge on any atom is 4.00 e. The minimum atomic E-state index is 0. The molecule has 0 spiro atoms. The van der Waals surface area contributed by atoms with Crippen LogP contribution in [0.15, 0.2) is 33.4 Å². The zero-order valence-electron chi connectivity index (χ0n) is 16.3. The van der Waals surface area contributed by atoms with Crippen molar-refractivity contribution in [1.82, 2.24) is 0 Å². The van der Waals surface area contributed by atoms with E-state index in [-0.39, 0.29) is 61.8 Å². The molecule has 0 aromatic heterocycles. The van der Waals surface area contributed by atoms with E-state index >= 15 is 0 Å². The molecule has 3 heteroatoms. The minimum absolute atomic E-state index is 0. The average Bonchev–Trinajstić information content (AvgIpc) is 2.60. The van der Waals surface area contributed by atoms with Crippen molar-refractivity contribution >= 4 is 0 Å². The molecule has 0 amide bonds. The van der Waals surface area contributed by atoms with Gasteiger partial charge in [-0.15, -0.1) is 13.8 Å². The van der Waals surface area contributed by atoms with Gasteiger partial charge in [0.25, 0.3) is 0 Å². The van der Waals surface area contributed by atoms with Gasteiger partial charge in [-0.3, -0.25) is 12.2 Å². The average molecular weight is 433 g/mol. The number of allylic oxidation sites excluding steroid dienone is 8. The van der Waals surface area contributed by atoms with E-state index in [4.69, 9.17) is 0 Å². The molecule has 0 saturated heterocycles. The predicted molar refractivity (Wildman–Crippen MR) is 89.2 cm³/mol. The van der Waals surface area contributed by atoms with Gasteiger partial charge < -0.3 is 24.8 Å². The van der Waals surface area contributed by atoms with Crippen molar-refractivity contribution in [2.75, 3.05) is 0 Å². The Labute approximate surface area is 175 Å². The summed E-state index contributed by atoms with van der Waals surface area (Å²) < 4.78 is 0. The molecule has 0 radical (unpaired) electrons. The molecule has 23 heavy (non-hydrogen) atoms. The van der Waals surface area contributed by atoms with Gasteiger partial charge in [0, 0.05) is 0 Å². The van der Waals surface area contributed by atoms with Gasteiger partial charge in [0.2, 0.25) is 0 Å². The van der Waals surface area contributed by atoms with Gasteiger partial charge >= 0.3 is 26.2 Å². The number of rotatable bonds is 0. The number of hydrogen-bond donors (Lipinski definition) is 0. The van der Waals surface area contributed by atoms with Crippen LogP contribution >= 0.6 is 0 Å². The molecular formula is C20H30Cl2Zr. The first-order valence-electron chi connectivity index (χ1n) is 7.50. The molecule has 0 aromatic carbocycles. The first-order chi connectivity index (χ1) is 8.90. The summed E-state index contributed by atoms with van der Waals surface area (Å²) in [5.41, 5.74) is 8.79. The van der Waals surface area contributed by atoms with Crippen LogP contribution in [0.2, 0.25) is 0 Å². The molecule has 0 unspecified atom stereocenters. The summed E-state index contributed by atoms with van der Waals surface area (Å²) in [7, 11) is 0. The summed E-state index contributed by atoms with van der Waals surface area (Å²) in [5.74, 6) is 0. The molecule has 0 nitrogen and oxygen atoms in total. The molecule has 0 saturated carbocycles. The fourth-order valence-corrected chi connectivity index (χ4v) is 2.81. The van der Waals surface area contributed by atoms with Gasteiger partial charge in [-0.25, -0.2) is 11.1 Å². The first-order valence-corrected chi connectivity index (χ1v) is 7.50. The van der Waals surface area contributed by atoms with Crippen LogP contribution in [0.3, 0.4) is 0 Å². The van der Waals surface area contributed by atoms with E-state index in [0.717, 1.165) is 0 Å². The van der Waals surface area contributed by atoms with Crippen LogP contribution in [0.5, 0.6) is 0 Å². The number of halogens is 2. The van der Waals surface area contributed by atoms with Crippen molar-refractivity contribution in [2.24, 2.45) is 10.8 Å². The maximum absolute atomic E-state index is 3.44. The SMILES string of the molecule is CC1=[C-]C(C)(C)C(C)=C1C.CC1=[C-]C(C)(C)C(C)=C1C.[Cl-].[Cl-].[Zr+4]. The quantitative estimate of drug-likeness (QED) is 0.481. The van der Waals surface area contributed by atoms with Gasteiger partial charge in [0.15, 0.2) is 0 Å². The molecule has 0 atom stereocenters. The molecule has 0 aromatic rings. The molecule has 128 valence electrons. The summed E-state index contributed by atoms with van der Waals surface area (Å²) in [6.45, 7) is 21.8. The second kappa shape index (κ2) is 9.79. The molecule has 2 aliphatic carbocycles. The Bertz CT molecular complexity index is 494. The van der Waals surface area contributed by atoms with Gasteiger partial charge in [-0.2, -0.15) is 22.3 Å². The van der Waals surface area contributed by atoms with Crippen LogP contribution < -0.4 is 24.8 Å². The molecular weight excluding hydrogens is 402 g/mol. The molecule has 0 heterocycles. The normalized spacial score (nSPS) is 20.4. The second-order valence-electron chi connectivity index (χ2n) is 7.25. The second-order valence-corrected chi connectivity index (χ2v) is 7.25. The molecule has 2 rings (SSSR count). The van der Waals surface area contributed by atoms with Crippen LogP contribution in [0.1, 0.15) is 69.2 Å². The summed E-state index contributed by atoms with van der Waals surface area (Å²) in [5, 5.41) is 0. The van der Waals surface area contributed by atoms with Gasteiger partial charge in [-0.05, 0) is 0 Å². The van der Waals surface area contributed by atoms with E-state index in [1.807, 2.05) is 0 Å². The summed E-state index contributed by atoms with van der Waals surface area (Å²) in [4.78, 5) is 0. The van der Waals surface area contributed by atoms with Gasteiger partial charge in [0.05, 0.1) is 0 Å². The smallest absolute Gasteiger partial charge is 1.00 e. The third-order valence-corrected chi connectivity index (χ3v) is 5.12. The monoisotopic (exact) mass is 430 g/mol. The Morgan fingerprint density at radius 1 is 0.565 bits per heavy atom. The Kier molecular flexibility index (Phi) is 12.0. The predicted octanol–water partition coefficient (Wildman–Crippen LogP) is 0.230. The minimum Gasteiger partial charge on any atom is -1.00 e. The van der Waals surface area contributed by atoms with E-state index in [1.165, 1.54) is 33.4 Å². The van der Waals surface area contributed by atoms with Crippen LogP contribution in [0.25, 0.3) is 0 Å². The first kappa shape index (κ1) is 28.2. The van der Waals surface area contributed by atoms with E-state index in [1.54, 1.807) is 0 Å². The summed E-state index contributed by atoms with van der Waals surface area (Å²) >= 11 is 0. The summed E-state index contributed by atoms with van der Waals surface area (Å²) in [6.07, 6.45) is 6.87. The Morgan fingerprint density at radius 3 is 0.826 bits per heavy atom. The zero-order valence-corrected chi connectivity index (χ0v) is 20.2. The van der Waals surface area contributed by atoms with Crippen molar-refractivity contribution < 1.29 is 51.0 Å². The third-order valence-electron chi connectivity index (χ3n) is 5.12. The van der Waals surface area contributed by atoms with E-state index in [2.05, 4.69) is 81.4 Å². The van der Waals surface area contributed by atoms with Crippen LogP contribution in [-0.4, -0.2) is 0 Å².